The molecule has 1 aliphatic rings. The van der Waals surface area contributed by atoms with Crippen LogP contribution in [0.5, 0.6) is 0 Å². The Balaban J connectivity index is 2.01. The van der Waals surface area contributed by atoms with E-state index >= 15 is 0 Å². The van der Waals surface area contributed by atoms with Crippen molar-refractivity contribution in [3.05, 3.63) is 58.4 Å². The first-order valence-corrected chi connectivity index (χ1v) is 7.00. The lowest BCUT2D eigenvalue weighted by molar-refractivity contribution is 0.628. The summed E-state index contributed by atoms with van der Waals surface area (Å²) in [5.41, 5.74) is 3.97. The van der Waals surface area contributed by atoms with Crippen molar-refractivity contribution in [1.29, 1.82) is 0 Å². The summed E-state index contributed by atoms with van der Waals surface area (Å²) in [6, 6.07) is 10.7. The van der Waals surface area contributed by atoms with E-state index in [1.807, 2.05) is 24.3 Å². The van der Waals surface area contributed by atoms with Gasteiger partial charge in [0.1, 0.15) is 5.82 Å². The van der Waals surface area contributed by atoms with Crippen molar-refractivity contribution in [2.24, 2.45) is 0 Å². The van der Waals surface area contributed by atoms with E-state index in [0.717, 1.165) is 29.9 Å². The molecule has 0 saturated heterocycles. The maximum absolute atomic E-state index is 13.4. The van der Waals surface area contributed by atoms with Crippen LogP contribution in [0.25, 0.3) is 0 Å². The van der Waals surface area contributed by atoms with E-state index in [9.17, 15) is 4.39 Å². The summed E-state index contributed by atoms with van der Waals surface area (Å²) in [5.74, 6) is 0.179. The molecule has 4 heteroatoms. The molecule has 0 N–H and O–H groups in total. The highest BCUT2D eigenvalue weighted by Crippen LogP contribution is 2.36. The zero-order valence-corrected chi connectivity index (χ0v) is 11.7. The Morgan fingerprint density at radius 1 is 1.16 bits per heavy atom. The van der Waals surface area contributed by atoms with Crippen LogP contribution < -0.4 is 4.90 Å². The number of hydrogen-bond donors (Lipinski definition) is 0. The van der Waals surface area contributed by atoms with Crippen LogP contribution in [0.2, 0.25) is 5.02 Å². The van der Waals surface area contributed by atoms with Gasteiger partial charge in [0.2, 0.25) is 0 Å². The molecule has 0 amide bonds. The molecule has 1 nitrogen and oxygen atoms in total. The van der Waals surface area contributed by atoms with E-state index in [0.29, 0.717) is 10.9 Å². The molecule has 0 spiro atoms. The Morgan fingerprint density at radius 2 is 2.00 bits per heavy atom. The molecule has 19 heavy (non-hydrogen) atoms. The largest absolute Gasteiger partial charge is 0.341 e. The van der Waals surface area contributed by atoms with Crippen molar-refractivity contribution in [1.82, 2.24) is 0 Å². The first-order chi connectivity index (χ1) is 9.19. The van der Waals surface area contributed by atoms with Gasteiger partial charge in [0.15, 0.2) is 0 Å². The fraction of sp³-hybridized carbons (Fsp3) is 0.200. The monoisotopic (exact) mass is 295 g/mol. The van der Waals surface area contributed by atoms with Gasteiger partial charge in [-0.3, -0.25) is 0 Å². The number of halogens is 3. The molecular formula is C15H12Cl2FN. The van der Waals surface area contributed by atoms with E-state index < -0.39 is 0 Å². The number of fused-ring (bicyclic) bond motifs is 1. The van der Waals surface area contributed by atoms with Gasteiger partial charge in [0.05, 0.1) is 0 Å². The third-order valence-corrected chi connectivity index (χ3v) is 4.07. The average molecular weight is 296 g/mol. The second-order valence-electron chi connectivity index (χ2n) is 4.58. The predicted molar refractivity (Wildman–Crippen MR) is 78.1 cm³/mol. The van der Waals surface area contributed by atoms with Crippen LogP contribution in [0.1, 0.15) is 11.1 Å². The van der Waals surface area contributed by atoms with Crippen molar-refractivity contribution >= 4 is 34.6 Å². The van der Waals surface area contributed by atoms with Gasteiger partial charge in [-0.25, -0.2) is 4.39 Å². The van der Waals surface area contributed by atoms with Crippen molar-refractivity contribution in [3.8, 4) is 0 Å². The quantitative estimate of drug-likeness (QED) is 0.712. The molecule has 98 valence electrons. The van der Waals surface area contributed by atoms with Crippen LogP contribution in [0.4, 0.5) is 15.8 Å². The molecule has 0 unspecified atom stereocenters. The lowest BCUT2D eigenvalue weighted by Crippen LogP contribution is -2.13. The summed E-state index contributed by atoms with van der Waals surface area (Å²) >= 11 is 12.0. The van der Waals surface area contributed by atoms with E-state index in [1.165, 1.54) is 11.6 Å². The minimum Gasteiger partial charge on any atom is -0.341 e. The van der Waals surface area contributed by atoms with Gasteiger partial charge in [0, 0.05) is 28.8 Å². The Morgan fingerprint density at radius 3 is 2.74 bits per heavy atom. The second-order valence-corrected chi connectivity index (χ2v) is 5.26. The van der Waals surface area contributed by atoms with E-state index in [2.05, 4.69) is 4.90 Å². The zero-order valence-electron chi connectivity index (χ0n) is 10.2. The highest BCUT2D eigenvalue weighted by molar-refractivity contribution is 6.32. The van der Waals surface area contributed by atoms with Gasteiger partial charge in [-0.05, 0) is 41.8 Å². The lowest BCUT2D eigenvalue weighted by Gasteiger charge is -2.20. The van der Waals surface area contributed by atoms with Gasteiger partial charge in [-0.15, -0.1) is 11.6 Å². The first kappa shape index (κ1) is 12.8. The number of rotatable bonds is 2. The number of benzene rings is 2. The van der Waals surface area contributed by atoms with Crippen LogP contribution in [0, 0.1) is 5.82 Å². The fourth-order valence-electron chi connectivity index (χ4n) is 2.43. The highest BCUT2D eigenvalue weighted by Gasteiger charge is 2.21. The Bertz CT molecular complexity index is 628. The van der Waals surface area contributed by atoms with Crippen LogP contribution in [-0.2, 0) is 12.3 Å². The maximum Gasteiger partial charge on any atom is 0.125 e. The standard InChI is InChI=1S/C15H12Cl2FN/c16-9-11-2-4-13(8-14(11)17)19-6-5-10-1-3-12(18)7-15(10)19/h1-4,7-8H,5-6,9H2. The summed E-state index contributed by atoms with van der Waals surface area (Å²) in [4.78, 5) is 2.09. The smallest absolute Gasteiger partial charge is 0.125 e. The van der Waals surface area contributed by atoms with Gasteiger partial charge < -0.3 is 4.90 Å². The van der Waals surface area contributed by atoms with E-state index in [1.54, 1.807) is 6.07 Å². The normalized spacial score (nSPS) is 13.7. The van der Waals surface area contributed by atoms with Crippen molar-refractivity contribution in [3.63, 3.8) is 0 Å². The van der Waals surface area contributed by atoms with Gasteiger partial charge in [-0.1, -0.05) is 23.7 Å². The highest BCUT2D eigenvalue weighted by atomic mass is 35.5. The summed E-state index contributed by atoms with van der Waals surface area (Å²) in [7, 11) is 0. The molecule has 0 saturated carbocycles. The van der Waals surface area contributed by atoms with Gasteiger partial charge in [0.25, 0.3) is 0 Å². The topological polar surface area (TPSA) is 3.24 Å². The third-order valence-electron chi connectivity index (χ3n) is 3.44. The van der Waals surface area contributed by atoms with Crippen molar-refractivity contribution < 1.29 is 4.39 Å². The molecular weight excluding hydrogens is 284 g/mol. The molecule has 0 aliphatic carbocycles. The Hall–Kier alpha value is -1.25. The first-order valence-electron chi connectivity index (χ1n) is 6.09. The minimum atomic E-state index is -0.214. The summed E-state index contributed by atoms with van der Waals surface area (Å²) in [6.45, 7) is 0.843. The molecule has 0 fully saturated rings. The number of hydrogen-bond acceptors (Lipinski definition) is 1. The summed E-state index contributed by atoms with van der Waals surface area (Å²) < 4.78 is 13.4. The Labute approximate surface area is 121 Å². The molecule has 0 bridgehead atoms. The molecule has 1 heterocycles. The van der Waals surface area contributed by atoms with E-state index in [4.69, 9.17) is 23.2 Å². The summed E-state index contributed by atoms with van der Waals surface area (Å²) in [5, 5.41) is 0.650. The SMILES string of the molecule is Fc1ccc2c(c1)N(c1ccc(CCl)c(Cl)c1)CC2. The van der Waals surface area contributed by atoms with Crippen LogP contribution in [0.15, 0.2) is 36.4 Å². The number of nitrogens with zero attached hydrogens (tertiary/aromatic N) is 1. The van der Waals surface area contributed by atoms with Gasteiger partial charge >= 0.3 is 0 Å². The molecule has 0 atom stereocenters. The number of alkyl halides is 1. The fourth-order valence-corrected chi connectivity index (χ4v) is 2.98. The van der Waals surface area contributed by atoms with Crippen LogP contribution >= 0.6 is 23.2 Å². The predicted octanol–water partition coefficient (Wildman–Crippen LogP) is 4.91. The Kier molecular flexibility index (Phi) is 3.38. The molecule has 0 aromatic heterocycles. The van der Waals surface area contributed by atoms with E-state index in [-0.39, 0.29) is 5.82 Å². The van der Waals surface area contributed by atoms with Gasteiger partial charge in [-0.2, -0.15) is 0 Å². The van der Waals surface area contributed by atoms with Crippen LogP contribution in [0.3, 0.4) is 0 Å². The molecule has 2 aromatic rings. The second kappa shape index (κ2) is 5.03. The average Bonchev–Trinajstić information content (AvgIpc) is 2.81. The number of anilines is 2. The molecule has 3 rings (SSSR count). The van der Waals surface area contributed by atoms with Crippen molar-refractivity contribution in [2.45, 2.75) is 12.3 Å². The lowest BCUT2D eigenvalue weighted by atomic mass is 10.1. The molecule has 0 radical (unpaired) electrons. The van der Waals surface area contributed by atoms with Crippen LogP contribution in [-0.4, -0.2) is 6.54 Å². The van der Waals surface area contributed by atoms with Crippen molar-refractivity contribution in [2.75, 3.05) is 11.4 Å². The molecule has 1 aliphatic heterocycles. The maximum atomic E-state index is 13.4. The molecule has 2 aromatic carbocycles. The zero-order chi connectivity index (χ0) is 13.4. The minimum absolute atomic E-state index is 0.214. The third kappa shape index (κ3) is 2.31. The summed E-state index contributed by atoms with van der Waals surface area (Å²) in [6.07, 6.45) is 0.921.